The second-order valence-corrected chi connectivity index (χ2v) is 8.58. The summed E-state index contributed by atoms with van der Waals surface area (Å²) in [5.74, 6) is -1.39. The van der Waals surface area contributed by atoms with Gasteiger partial charge in [-0.25, -0.2) is 0 Å². The first-order valence-corrected chi connectivity index (χ1v) is 11.0. The summed E-state index contributed by atoms with van der Waals surface area (Å²) in [7, 11) is 0. The third-order valence-electron chi connectivity index (χ3n) is 4.64. The number of hydrogen-bond donors (Lipinski definition) is 2. The normalized spacial score (nSPS) is 12.9. The molecule has 1 aliphatic rings. The molecule has 3 aromatic rings. The van der Waals surface area contributed by atoms with Crippen molar-refractivity contribution in [1.29, 1.82) is 0 Å². The SMILES string of the molecule is O=C(NCc1cccs1)C(=O)Nc1ccc2c(c1)CCCN2C(=O)c1cccs1. The molecular formula is C21H19N3O3S2. The number of carbonyl (C=O) groups is 3. The molecule has 4 rings (SSSR count). The average Bonchev–Trinajstić information content (AvgIpc) is 3.45. The zero-order valence-electron chi connectivity index (χ0n) is 15.5. The standard InChI is InChI=1S/C21H19N3O3S2/c25-19(22-13-16-5-2-10-28-16)20(26)23-15-7-8-17-14(12-15)4-1-9-24(17)21(27)18-6-3-11-29-18/h2-3,5-8,10-12H,1,4,9,13H2,(H,22,25)(H,23,26). The monoisotopic (exact) mass is 425 g/mol. The Morgan fingerprint density at radius 3 is 2.59 bits per heavy atom. The van der Waals surface area contributed by atoms with Crippen molar-refractivity contribution in [1.82, 2.24) is 5.32 Å². The van der Waals surface area contributed by atoms with Crippen LogP contribution in [0.4, 0.5) is 11.4 Å². The summed E-state index contributed by atoms with van der Waals surface area (Å²) >= 11 is 2.95. The van der Waals surface area contributed by atoms with E-state index in [-0.39, 0.29) is 5.91 Å². The minimum absolute atomic E-state index is 0.00862. The lowest BCUT2D eigenvalue weighted by atomic mass is 10.0. The molecule has 8 heteroatoms. The van der Waals surface area contributed by atoms with Crippen molar-refractivity contribution in [3.63, 3.8) is 0 Å². The number of fused-ring (bicyclic) bond motifs is 1. The Hall–Kier alpha value is -2.97. The summed E-state index contributed by atoms with van der Waals surface area (Å²) < 4.78 is 0. The molecule has 0 bridgehead atoms. The van der Waals surface area contributed by atoms with E-state index < -0.39 is 11.8 Å². The van der Waals surface area contributed by atoms with E-state index in [4.69, 9.17) is 0 Å². The van der Waals surface area contributed by atoms with E-state index in [1.165, 1.54) is 22.7 Å². The van der Waals surface area contributed by atoms with Crippen LogP contribution in [0.15, 0.2) is 53.2 Å². The molecule has 3 heterocycles. The third kappa shape index (κ3) is 4.38. The molecule has 0 radical (unpaired) electrons. The Morgan fingerprint density at radius 2 is 1.83 bits per heavy atom. The number of hydrogen-bond acceptors (Lipinski definition) is 5. The van der Waals surface area contributed by atoms with Gasteiger partial charge < -0.3 is 15.5 Å². The van der Waals surface area contributed by atoms with Crippen molar-refractivity contribution in [2.75, 3.05) is 16.8 Å². The van der Waals surface area contributed by atoms with E-state index in [9.17, 15) is 14.4 Å². The van der Waals surface area contributed by atoms with Crippen molar-refractivity contribution < 1.29 is 14.4 Å². The smallest absolute Gasteiger partial charge is 0.313 e. The highest BCUT2D eigenvalue weighted by atomic mass is 32.1. The second kappa shape index (κ2) is 8.59. The summed E-state index contributed by atoms with van der Waals surface area (Å²) in [6.45, 7) is 0.995. The van der Waals surface area contributed by atoms with Crippen molar-refractivity contribution in [3.05, 3.63) is 68.5 Å². The molecule has 0 aliphatic carbocycles. The summed E-state index contributed by atoms with van der Waals surface area (Å²) in [5.41, 5.74) is 2.39. The second-order valence-electron chi connectivity index (χ2n) is 6.60. The lowest BCUT2D eigenvalue weighted by Crippen LogP contribution is -2.36. The number of nitrogens with one attached hydrogen (secondary N) is 2. The van der Waals surface area contributed by atoms with Gasteiger partial charge in [-0.3, -0.25) is 14.4 Å². The molecule has 148 valence electrons. The summed E-state index contributed by atoms with van der Waals surface area (Å²) in [5, 5.41) is 9.06. The van der Waals surface area contributed by atoms with Crippen LogP contribution in [0.2, 0.25) is 0 Å². The van der Waals surface area contributed by atoms with Gasteiger partial charge in [0.25, 0.3) is 5.91 Å². The molecule has 0 atom stereocenters. The van der Waals surface area contributed by atoms with Gasteiger partial charge >= 0.3 is 11.8 Å². The zero-order chi connectivity index (χ0) is 20.2. The predicted molar refractivity (Wildman–Crippen MR) is 116 cm³/mol. The van der Waals surface area contributed by atoms with Crippen LogP contribution >= 0.6 is 22.7 Å². The fraction of sp³-hybridized carbons (Fsp3) is 0.190. The number of benzene rings is 1. The Kier molecular flexibility index (Phi) is 5.73. The first kappa shape index (κ1) is 19.4. The molecule has 0 unspecified atom stereocenters. The number of thiophene rings is 2. The third-order valence-corrected chi connectivity index (χ3v) is 6.38. The highest BCUT2D eigenvalue weighted by Gasteiger charge is 2.24. The first-order chi connectivity index (χ1) is 14.1. The Morgan fingerprint density at radius 1 is 1.00 bits per heavy atom. The van der Waals surface area contributed by atoms with Crippen molar-refractivity contribution in [2.24, 2.45) is 0 Å². The van der Waals surface area contributed by atoms with Crippen LogP contribution in [0.3, 0.4) is 0 Å². The Balaban J connectivity index is 1.43. The van der Waals surface area contributed by atoms with Gasteiger partial charge in [-0.2, -0.15) is 0 Å². The maximum atomic E-state index is 12.8. The van der Waals surface area contributed by atoms with Gasteiger partial charge in [0, 0.05) is 22.8 Å². The highest BCUT2D eigenvalue weighted by molar-refractivity contribution is 7.12. The van der Waals surface area contributed by atoms with Crippen LogP contribution in [0.5, 0.6) is 0 Å². The largest absolute Gasteiger partial charge is 0.343 e. The summed E-state index contributed by atoms with van der Waals surface area (Å²) in [6.07, 6.45) is 1.67. The number of amides is 3. The van der Waals surface area contributed by atoms with E-state index in [2.05, 4.69) is 10.6 Å². The van der Waals surface area contributed by atoms with E-state index in [1.807, 2.05) is 47.2 Å². The maximum absolute atomic E-state index is 12.8. The predicted octanol–water partition coefficient (Wildman–Crippen LogP) is 3.66. The lowest BCUT2D eigenvalue weighted by molar-refractivity contribution is -0.136. The van der Waals surface area contributed by atoms with Gasteiger partial charge in [0.1, 0.15) is 0 Å². The summed E-state index contributed by atoms with van der Waals surface area (Å²) in [4.78, 5) is 40.4. The maximum Gasteiger partial charge on any atom is 0.313 e. The number of aryl methyl sites for hydroxylation is 1. The Bertz CT molecular complexity index is 1030. The van der Waals surface area contributed by atoms with Crippen LogP contribution in [0, 0.1) is 0 Å². The zero-order valence-corrected chi connectivity index (χ0v) is 17.1. The van der Waals surface area contributed by atoms with Crippen LogP contribution < -0.4 is 15.5 Å². The van der Waals surface area contributed by atoms with E-state index in [0.29, 0.717) is 23.7 Å². The topological polar surface area (TPSA) is 78.5 Å². The first-order valence-electron chi connectivity index (χ1n) is 9.21. The van der Waals surface area contributed by atoms with Crippen LogP contribution in [0.1, 0.15) is 26.5 Å². The lowest BCUT2D eigenvalue weighted by Gasteiger charge is -2.29. The molecule has 1 aromatic carbocycles. The van der Waals surface area contributed by atoms with Crippen LogP contribution in [0.25, 0.3) is 0 Å². The molecule has 6 nitrogen and oxygen atoms in total. The molecule has 0 saturated heterocycles. The molecule has 2 N–H and O–H groups in total. The Labute approximate surface area is 176 Å². The molecule has 1 aliphatic heterocycles. The van der Waals surface area contributed by atoms with Gasteiger partial charge in [0.2, 0.25) is 0 Å². The van der Waals surface area contributed by atoms with Gasteiger partial charge in [0.05, 0.1) is 11.4 Å². The fourth-order valence-electron chi connectivity index (χ4n) is 3.27. The number of carbonyl (C=O) groups excluding carboxylic acids is 3. The van der Waals surface area contributed by atoms with E-state index >= 15 is 0 Å². The van der Waals surface area contributed by atoms with Crippen LogP contribution in [-0.2, 0) is 22.6 Å². The van der Waals surface area contributed by atoms with Crippen molar-refractivity contribution >= 4 is 51.8 Å². The van der Waals surface area contributed by atoms with E-state index in [1.54, 1.807) is 11.0 Å². The molecule has 0 spiro atoms. The fourth-order valence-corrected chi connectivity index (χ4v) is 4.58. The van der Waals surface area contributed by atoms with E-state index in [0.717, 1.165) is 29.0 Å². The van der Waals surface area contributed by atoms with Gasteiger partial charge in [-0.1, -0.05) is 12.1 Å². The highest BCUT2D eigenvalue weighted by Crippen LogP contribution is 2.31. The van der Waals surface area contributed by atoms with Crippen molar-refractivity contribution in [2.45, 2.75) is 19.4 Å². The molecule has 0 saturated carbocycles. The van der Waals surface area contributed by atoms with Gasteiger partial charge in [-0.15, -0.1) is 22.7 Å². The number of anilines is 2. The van der Waals surface area contributed by atoms with Gasteiger partial charge in [-0.05, 0) is 59.5 Å². The molecule has 3 amide bonds. The molecular weight excluding hydrogens is 406 g/mol. The quantitative estimate of drug-likeness (QED) is 0.626. The van der Waals surface area contributed by atoms with Crippen molar-refractivity contribution in [3.8, 4) is 0 Å². The minimum atomic E-state index is -0.705. The minimum Gasteiger partial charge on any atom is -0.343 e. The van der Waals surface area contributed by atoms with Gasteiger partial charge in [0.15, 0.2) is 0 Å². The summed E-state index contributed by atoms with van der Waals surface area (Å²) in [6, 6.07) is 12.9. The molecule has 0 fully saturated rings. The average molecular weight is 426 g/mol. The number of rotatable bonds is 4. The number of nitrogens with zero attached hydrogens (tertiary/aromatic N) is 1. The molecule has 29 heavy (non-hydrogen) atoms. The molecule has 2 aromatic heterocycles. The van der Waals surface area contributed by atoms with Crippen LogP contribution in [-0.4, -0.2) is 24.3 Å².